The Morgan fingerprint density at radius 3 is 2.91 bits per heavy atom. The van der Waals surface area contributed by atoms with Crippen molar-refractivity contribution < 1.29 is 27.1 Å². The normalized spacial score (nSPS) is 19.5. The Balaban J connectivity index is 1.96. The van der Waals surface area contributed by atoms with Gasteiger partial charge < -0.3 is 14.8 Å². The lowest BCUT2D eigenvalue weighted by Crippen LogP contribution is -2.30. The number of hydrogen-bond acceptors (Lipinski definition) is 5. The zero-order valence-corrected chi connectivity index (χ0v) is 13.4. The molecule has 0 spiro atoms. The molecule has 1 aliphatic rings. The Kier molecular flexibility index (Phi) is 5.69. The number of benzene rings is 1. The maximum Gasteiger partial charge on any atom is 0.253 e. The number of carbonyl (C=O) groups is 1. The van der Waals surface area contributed by atoms with Gasteiger partial charge in [-0.15, -0.1) is 0 Å². The molecule has 0 saturated carbocycles. The molecule has 0 aromatic heterocycles. The first-order valence-corrected chi connectivity index (χ1v) is 8.68. The van der Waals surface area contributed by atoms with Crippen LogP contribution in [0, 0.1) is 5.82 Å². The van der Waals surface area contributed by atoms with Crippen molar-refractivity contribution in [2.45, 2.75) is 36.9 Å². The number of hydrogen-bond donors (Lipinski definition) is 2. The van der Waals surface area contributed by atoms with E-state index < -0.39 is 32.7 Å². The van der Waals surface area contributed by atoms with Gasteiger partial charge in [0.15, 0.2) is 0 Å². The number of sulfonamides is 1. The van der Waals surface area contributed by atoms with Crippen molar-refractivity contribution in [1.82, 2.24) is 0 Å². The van der Waals surface area contributed by atoms with Crippen LogP contribution in [0.15, 0.2) is 23.1 Å². The van der Waals surface area contributed by atoms with Gasteiger partial charge in [-0.1, -0.05) is 0 Å². The second-order valence-electron chi connectivity index (χ2n) is 5.29. The maximum atomic E-state index is 13.4. The second kappa shape index (κ2) is 7.35. The molecule has 9 heteroatoms. The second-order valence-corrected chi connectivity index (χ2v) is 6.82. The quantitative estimate of drug-likeness (QED) is 0.799. The van der Waals surface area contributed by atoms with Crippen LogP contribution in [0.2, 0.25) is 0 Å². The molecule has 1 aromatic rings. The van der Waals surface area contributed by atoms with E-state index >= 15 is 0 Å². The molecule has 2 atom stereocenters. The average molecular weight is 346 g/mol. The highest BCUT2D eigenvalue weighted by Gasteiger charge is 2.21. The summed E-state index contributed by atoms with van der Waals surface area (Å²) in [6.45, 7) is 2.56. The highest BCUT2D eigenvalue weighted by Crippen LogP contribution is 2.19. The van der Waals surface area contributed by atoms with E-state index in [9.17, 15) is 17.6 Å². The molecule has 3 N–H and O–H groups in total. The molecular formula is C14H19FN2O5S. The van der Waals surface area contributed by atoms with Crippen molar-refractivity contribution in [1.29, 1.82) is 0 Å². The first-order valence-electron chi connectivity index (χ1n) is 7.14. The molecule has 7 nitrogen and oxygen atoms in total. The predicted octanol–water partition coefficient (Wildman–Crippen LogP) is 0.996. The fourth-order valence-corrected chi connectivity index (χ4v) is 2.78. The Hall–Kier alpha value is -1.55. The molecule has 1 aliphatic heterocycles. The van der Waals surface area contributed by atoms with Crippen molar-refractivity contribution in [3.63, 3.8) is 0 Å². The first-order chi connectivity index (χ1) is 10.8. The summed E-state index contributed by atoms with van der Waals surface area (Å²) in [6, 6.07) is 3.14. The number of nitrogens with one attached hydrogen (secondary N) is 1. The van der Waals surface area contributed by atoms with E-state index in [0.29, 0.717) is 13.2 Å². The third-order valence-electron chi connectivity index (χ3n) is 3.43. The Morgan fingerprint density at radius 1 is 1.57 bits per heavy atom. The van der Waals surface area contributed by atoms with Crippen molar-refractivity contribution in [2.75, 3.05) is 18.5 Å². The van der Waals surface area contributed by atoms with E-state index in [1.165, 1.54) is 6.07 Å². The van der Waals surface area contributed by atoms with Crippen molar-refractivity contribution in [3.8, 4) is 0 Å². The molecule has 1 heterocycles. The fourth-order valence-electron chi connectivity index (χ4n) is 2.15. The summed E-state index contributed by atoms with van der Waals surface area (Å²) in [6.07, 6.45) is 1.09. The van der Waals surface area contributed by atoms with Crippen LogP contribution in [0.5, 0.6) is 0 Å². The van der Waals surface area contributed by atoms with Crippen LogP contribution < -0.4 is 10.5 Å². The van der Waals surface area contributed by atoms with E-state index in [0.717, 1.165) is 25.0 Å². The van der Waals surface area contributed by atoms with Crippen molar-refractivity contribution in [3.05, 3.63) is 24.0 Å². The third kappa shape index (κ3) is 4.96. The minimum Gasteiger partial charge on any atom is -0.376 e. The van der Waals surface area contributed by atoms with Crippen molar-refractivity contribution in [2.24, 2.45) is 5.14 Å². The molecular weight excluding hydrogens is 327 g/mol. The minimum atomic E-state index is -4.21. The molecule has 2 unspecified atom stereocenters. The van der Waals surface area contributed by atoms with Crippen LogP contribution in [-0.4, -0.2) is 39.7 Å². The molecule has 128 valence electrons. The number of nitrogens with two attached hydrogens (primary N) is 1. The van der Waals surface area contributed by atoms with Gasteiger partial charge in [-0.05, 0) is 38.0 Å². The average Bonchev–Trinajstić information content (AvgIpc) is 2.98. The fraction of sp³-hybridized carbons (Fsp3) is 0.500. The molecule has 1 aromatic carbocycles. The monoisotopic (exact) mass is 346 g/mol. The number of ether oxygens (including phenoxy) is 2. The summed E-state index contributed by atoms with van der Waals surface area (Å²) in [4.78, 5) is 11.3. The van der Waals surface area contributed by atoms with Gasteiger partial charge in [-0.2, -0.15) is 0 Å². The van der Waals surface area contributed by atoms with Gasteiger partial charge in [0.05, 0.1) is 12.7 Å². The van der Waals surface area contributed by atoms with Gasteiger partial charge in [-0.3, -0.25) is 4.79 Å². The SMILES string of the molecule is CC(OCC1CCCO1)C(=O)Nc1ccc(F)c(S(N)(=O)=O)c1. The Morgan fingerprint density at radius 2 is 2.30 bits per heavy atom. The molecule has 0 radical (unpaired) electrons. The van der Waals surface area contributed by atoms with Gasteiger partial charge in [-0.25, -0.2) is 17.9 Å². The van der Waals surface area contributed by atoms with E-state index in [1.54, 1.807) is 6.92 Å². The molecule has 1 fully saturated rings. The molecule has 1 amide bonds. The first kappa shape index (κ1) is 17.8. The number of rotatable bonds is 6. The van der Waals surface area contributed by atoms with E-state index in [-0.39, 0.29) is 11.8 Å². The van der Waals surface area contributed by atoms with Gasteiger partial charge in [0.2, 0.25) is 10.0 Å². The highest BCUT2D eigenvalue weighted by molar-refractivity contribution is 7.89. The lowest BCUT2D eigenvalue weighted by molar-refractivity contribution is -0.128. The van der Waals surface area contributed by atoms with Crippen LogP contribution in [-0.2, 0) is 24.3 Å². The summed E-state index contributed by atoms with van der Waals surface area (Å²) < 4.78 is 46.8. The zero-order chi connectivity index (χ0) is 17.0. The summed E-state index contributed by atoms with van der Waals surface area (Å²) in [5.41, 5.74) is 0.119. The van der Waals surface area contributed by atoms with Crippen molar-refractivity contribution >= 4 is 21.6 Å². The summed E-state index contributed by atoms with van der Waals surface area (Å²) in [5.74, 6) is -1.46. The lowest BCUT2D eigenvalue weighted by atomic mass is 10.2. The molecule has 0 aliphatic carbocycles. The largest absolute Gasteiger partial charge is 0.376 e. The Bertz CT molecular complexity index is 674. The van der Waals surface area contributed by atoms with E-state index in [1.807, 2.05) is 0 Å². The van der Waals surface area contributed by atoms with Gasteiger partial charge in [0.1, 0.15) is 16.8 Å². The third-order valence-corrected chi connectivity index (χ3v) is 4.36. The number of carbonyl (C=O) groups excluding carboxylic acids is 1. The van der Waals surface area contributed by atoms with Gasteiger partial charge >= 0.3 is 0 Å². The summed E-state index contributed by atoms with van der Waals surface area (Å²) in [5, 5.41) is 7.38. The van der Waals surface area contributed by atoms with Crippen LogP contribution in [0.4, 0.5) is 10.1 Å². The topological polar surface area (TPSA) is 108 Å². The van der Waals surface area contributed by atoms with E-state index in [4.69, 9.17) is 14.6 Å². The van der Waals surface area contributed by atoms with Crippen LogP contribution >= 0.6 is 0 Å². The molecule has 2 rings (SSSR count). The van der Waals surface area contributed by atoms with Gasteiger partial charge in [0.25, 0.3) is 5.91 Å². The highest BCUT2D eigenvalue weighted by atomic mass is 32.2. The minimum absolute atomic E-state index is 0.00921. The lowest BCUT2D eigenvalue weighted by Gasteiger charge is -2.16. The van der Waals surface area contributed by atoms with E-state index in [2.05, 4.69) is 5.32 Å². The summed E-state index contributed by atoms with van der Waals surface area (Å²) >= 11 is 0. The smallest absolute Gasteiger partial charge is 0.253 e. The molecule has 1 saturated heterocycles. The predicted molar refractivity (Wildman–Crippen MR) is 80.8 cm³/mol. The Labute approximate surface area is 134 Å². The zero-order valence-electron chi connectivity index (χ0n) is 12.6. The van der Waals surface area contributed by atoms with Crippen LogP contribution in [0.25, 0.3) is 0 Å². The summed E-state index contributed by atoms with van der Waals surface area (Å²) in [7, 11) is -4.21. The number of amides is 1. The van der Waals surface area contributed by atoms with Gasteiger partial charge in [0, 0.05) is 12.3 Å². The number of halogens is 1. The number of anilines is 1. The van der Waals surface area contributed by atoms with Crippen LogP contribution in [0.1, 0.15) is 19.8 Å². The maximum absolute atomic E-state index is 13.4. The standard InChI is InChI=1S/C14H19FN2O5S/c1-9(22-8-11-3-2-6-21-11)14(18)17-10-4-5-12(15)13(7-10)23(16,19)20/h4-5,7,9,11H,2-3,6,8H2,1H3,(H,17,18)(H2,16,19,20). The molecule has 23 heavy (non-hydrogen) atoms. The number of primary sulfonamides is 1. The molecule has 0 bridgehead atoms. The van der Waals surface area contributed by atoms with Crippen LogP contribution in [0.3, 0.4) is 0 Å².